The number of pyridine rings is 1. The van der Waals surface area contributed by atoms with E-state index in [0.717, 1.165) is 5.39 Å². The molecule has 0 bridgehead atoms. The Morgan fingerprint density at radius 3 is 2.18 bits per heavy atom. The van der Waals surface area contributed by atoms with Crippen LogP contribution in [0, 0.1) is 11.3 Å². The summed E-state index contributed by atoms with van der Waals surface area (Å²) in [6.45, 7) is 0. The molecule has 1 aromatic heterocycles. The quantitative estimate of drug-likeness (QED) is 0.452. The van der Waals surface area contributed by atoms with Crippen molar-refractivity contribution in [3.05, 3.63) is 77.9 Å². The third-order valence-electron chi connectivity index (χ3n) is 5.19. The fourth-order valence-electron chi connectivity index (χ4n) is 3.57. The van der Waals surface area contributed by atoms with Gasteiger partial charge in [0, 0.05) is 16.6 Å². The van der Waals surface area contributed by atoms with Gasteiger partial charge in [0.25, 0.3) is 5.91 Å². The summed E-state index contributed by atoms with van der Waals surface area (Å²) in [6.07, 6.45) is 0. The van der Waals surface area contributed by atoms with E-state index in [0.29, 0.717) is 50.8 Å². The first-order chi connectivity index (χ1) is 16.1. The van der Waals surface area contributed by atoms with Crippen molar-refractivity contribution in [2.75, 3.05) is 26.6 Å². The van der Waals surface area contributed by atoms with Crippen molar-refractivity contribution in [1.82, 2.24) is 4.98 Å². The normalized spacial score (nSPS) is 10.4. The molecular weight excluding hydrogens is 418 g/mol. The number of hydrogen-bond donors (Lipinski definition) is 1. The van der Waals surface area contributed by atoms with Gasteiger partial charge in [-0.1, -0.05) is 18.2 Å². The van der Waals surface area contributed by atoms with Crippen LogP contribution in [0.2, 0.25) is 0 Å². The minimum Gasteiger partial charge on any atom is -0.493 e. The first-order valence-electron chi connectivity index (χ1n) is 10.1. The number of hydrogen-bond acceptors (Lipinski definition) is 6. The standard InChI is InChI=1S/C26H21N3O4/c1-31-23-12-17(13-24(32-2)25(23)33-3)22-14-20(19-6-4-5-7-21(19)29-22)26(30)28-18-10-8-16(15-27)9-11-18/h4-14H,1-3H3,(H,28,30). The van der Waals surface area contributed by atoms with Crippen molar-refractivity contribution < 1.29 is 19.0 Å². The van der Waals surface area contributed by atoms with Gasteiger partial charge in [0.05, 0.1) is 49.7 Å². The van der Waals surface area contributed by atoms with Gasteiger partial charge in [-0.15, -0.1) is 0 Å². The molecule has 164 valence electrons. The van der Waals surface area contributed by atoms with E-state index in [1.165, 1.54) is 0 Å². The number of aromatic nitrogens is 1. The minimum absolute atomic E-state index is 0.285. The Hall–Kier alpha value is -4.57. The topological polar surface area (TPSA) is 93.5 Å². The van der Waals surface area contributed by atoms with Crippen LogP contribution < -0.4 is 19.5 Å². The zero-order valence-electron chi connectivity index (χ0n) is 18.4. The minimum atomic E-state index is -0.285. The van der Waals surface area contributed by atoms with Crippen LogP contribution in [-0.4, -0.2) is 32.2 Å². The van der Waals surface area contributed by atoms with E-state index in [2.05, 4.69) is 11.4 Å². The number of ether oxygens (including phenoxy) is 3. The van der Waals surface area contributed by atoms with Gasteiger partial charge in [-0.2, -0.15) is 5.26 Å². The van der Waals surface area contributed by atoms with Gasteiger partial charge in [-0.3, -0.25) is 4.79 Å². The Bertz CT molecular complexity index is 1350. The Balaban J connectivity index is 1.82. The van der Waals surface area contributed by atoms with Crippen LogP contribution in [0.15, 0.2) is 66.7 Å². The van der Waals surface area contributed by atoms with E-state index in [4.69, 9.17) is 24.5 Å². The van der Waals surface area contributed by atoms with Gasteiger partial charge in [0.1, 0.15) is 0 Å². The smallest absolute Gasteiger partial charge is 0.256 e. The second-order valence-corrected chi connectivity index (χ2v) is 7.13. The lowest BCUT2D eigenvalue weighted by Gasteiger charge is -2.15. The van der Waals surface area contributed by atoms with Gasteiger partial charge < -0.3 is 19.5 Å². The third-order valence-corrected chi connectivity index (χ3v) is 5.19. The third kappa shape index (κ3) is 4.27. The SMILES string of the molecule is COc1cc(-c2cc(C(=O)Nc3ccc(C#N)cc3)c3ccccc3n2)cc(OC)c1OC. The van der Waals surface area contributed by atoms with Crippen molar-refractivity contribution in [2.24, 2.45) is 0 Å². The largest absolute Gasteiger partial charge is 0.493 e. The number of nitriles is 1. The molecule has 0 atom stereocenters. The molecular formula is C26H21N3O4. The monoisotopic (exact) mass is 439 g/mol. The molecule has 1 amide bonds. The van der Waals surface area contributed by atoms with E-state index in [-0.39, 0.29) is 5.91 Å². The number of methoxy groups -OCH3 is 3. The molecule has 4 aromatic rings. The summed E-state index contributed by atoms with van der Waals surface area (Å²) in [5, 5.41) is 12.6. The predicted molar refractivity (Wildman–Crippen MR) is 126 cm³/mol. The van der Waals surface area contributed by atoms with Crippen LogP contribution in [0.1, 0.15) is 15.9 Å². The average Bonchev–Trinajstić information content (AvgIpc) is 2.87. The highest BCUT2D eigenvalue weighted by Gasteiger charge is 2.18. The number of rotatable bonds is 6. The average molecular weight is 439 g/mol. The Morgan fingerprint density at radius 2 is 1.58 bits per heavy atom. The molecule has 3 aromatic carbocycles. The highest BCUT2D eigenvalue weighted by atomic mass is 16.5. The molecule has 0 radical (unpaired) electrons. The summed E-state index contributed by atoms with van der Waals surface area (Å²) >= 11 is 0. The number of fused-ring (bicyclic) bond motifs is 1. The number of carbonyl (C=O) groups is 1. The van der Waals surface area contributed by atoms with Crippen molar-refractivity contribution in [3.63, 3.8) is 0 Å². The highest BCUT2D eigenvalue weighted by Crippen LogP contribution is 2.41. The lowest BCUT2D eigenvalue weighted by atomic mass is 10.0. The zero-order valence-corrected chi connectivity index (χ0v) is 18.4. The van der Waals surface area contributed by atoms with Crippen LogP contribution >= 0.6 is 0 Å². The molecule has 4 rings (SSSR count). The molecule has 0 saturated carbocycles. The lowest BCUT2D eigenvalue weighted by Crippen LogP contribution is -2.13. The van der Waals surface area contributed by atoms with Crippen molar-refractivity contribution >= 4 is 22.5 Å². The number of para-hydroxylation sites is 1. The molecule has 1 heterocycles. The van der Waals surface area contributed by atoms with Crippen LogP contribution in [-0.2, 0) is 0 Å². The molecule has 7 nitrogen and oxygen atoms in total. The molecule has 0 aliphatic heterocycles. The molecule has 0 saturated heterocycles. The van der Waals surface area contributed by atoms with Crippen LogP contribution in [0.25, 0.3) is 22.2 Å². The molecule has 7 heteroatoms. The van der Waals surface area contributed by atoms with E-state index in [9.17, 15) is 4.79 Å². The van der Waals surface area contributed by atoms with Crippen LogP contribution in [0.3, 0.4) is 0 Å². The molecule has 1 N–H and O–H groups in total. The molecule has 0 aliphatic rings. The predicted octanol–water partition coefficient (Wildman–Crippen LogP) is 5.05. The van der Waals surface area contributed by atoms with Crippen LogP contribution in [0.4, 0.5) is 5.69 Å². The molecule has 0 spiro atoms. The van der Waals surface area contributed by atoms with E-state index in [1.54, 1.807) is 63.8 Å². The summed E-state index contributed by atoms with van der Waals surface area (Å²) in [5.74, 6) is 1.17. The highest BCUT2D eigenvalue weighted by molar-refractivity contribution is 6.13. The van der Waals surface area contributed by atoms with Gasteiger partial charge in [-0.05, 0) is 48.5 Å². The number of anilines is 1. The Kier molecular flexibility index (Phi) is 6.09. The Morgan fingerprint density at radius 1 is 0.909 bits per heavy atom. The first kappa shape index (κ1) is 21.7. The number of carbonyl (C=O) groups excluding carboxylic acids is 1. The summed E-state index contributed by atoms with van der Waals surface area (Å²) < 4.78 is 16.3. The van der Waals surface area contributed by atoms with E-state index < -0.39 is 0 Å². The van der Waals surface area contributed by atoms with Crippen LogP contribution in [0.5, 0.6) is 17.2 Å². The summed E-state index contributed by atoms with van der Waals surface area (Å²) in [6, 6.07) is 21.5. The maximum Gasteiger partial charge on any atom is 0.256 e. The number of nitrogens with one attached hydrogen (secondary N) is 1. The van der Waals surface area contributed by atoms with E-state index in [1.807, 2.05) is 24.3 Å². The van der Waals surface area contributed by atoms with Gasteiger partial charge >= 0.3 is 0 Å². The molecule has 0 fully saturated rings. The second-order valence-electron chi connectivity index (χ2n) is 7.13. The maximum atomic E-state index is 13.2. The second kappa shape index (κ2) is 9.28. The van der Waals surface area contributed by atoms with Gasteiger partial charge in [0.2, 0.25) is 5.75 Å². The molecule has 0 unspecified atom stereocenters. The van der Waals surface area contributed by atoms with Crippen molar-refractivity contribution in [1.29, 1.82) is 5.26 Å². The van der Waals surface area contributed by atoms with E-state index >= 15 is 0 Å². The fourth-order valence-corrected chi connectivity index (χ4v) is 3.57. The summed E-state index contributed by atoms with van der Waals surface area (Å²) in [7, 11) is 4.64. The van der Waals surface area contributed by atoms with Gasteiger partial charge in [-0.25, -0.2) is 4.98 Å². The number of amides is 1. The summed E-state index contributed by atoms with van der Waals surface area (Å²) in [4.78, 5) is 18.0. The molecule has 33 heavy (non-hydrogen) atoms. The van der Waals surface area contributed by atoms with Crippen molar-refractivity contribution in [2.45, 2.75) is 0 Å². The maximum absolute atomic E-state index is 13.2. The zero-order chi connectivity index (χ0) is 23.4. The number of benzene rings is 3. The first-order valence-corrected chi connectivity index (χ1v) is 10.1. The fraction of sp³-hybridized carbons (Fsp3) is 0.115. The van der Waals surface area contributed by atoms with Crippen molar-refractivity contribution in [3.8, 4) is 34.6 Å². The Labute approximate surface area is 191 Å². The summed E-state index contributed by atoms with van der Waals surface area (Å²) in [5.41, 5.74) is 3.55. The molecule has 0 aliphatic carbocycles. The van der Waals surface area contributed by atoms with Gasteiger partial charge in [0.15, 0.2) is 11.5 Å². The number of nitrogens with zero attached hydrogens (tertiary/aromatic N) is 2. The lowest BCUT2D eigenvalue weighted by molar-refractivity contribution is 0.102.